The van der Waals surface area contributed by atoms with Gasteiger partial charge in [0.15, 0.2) is 11.5 Å². The maximum atomic E-state index is 13.6. The van der Waals surface area contributed by atoms with Gasteiger partial charge >= 0.3 is 0 Å². The quantitative estimate of drug-likeness (QED) is 0.571. The molecule has 33 heavy (non-hydrogen) atoms. The molecular formula is C25H24ClFN4O2. The third-order valence-corrected chi connectivity index (χ3v) is 7.22. The molecule has 0 amide bonds. The molecule has 3 aliphatic rings. The topological polar surface area (TPSA) is 59.5 Å². The Bertz CT molecular complexity index is 1160. The molecule has 1 saturated carbocycles. The van der Waals surface area contributed by atoms with Crippen molar-refractivity contribution in [2.24, 2.45) is 11.8 Å². The molecule has 1 aliphatic carbocycles. The molecule has 170 valence electrons. The fraction of sp³-hybridized carbons (Fsp3) is 0.360. The lowest BCUT2D eigenvalue weighted by Gasteiger charge is -2.20. The van der Waals surface area contributed by atoms with Crippen LogP contribution in [0.2, 0.25) is 5.02 Å². The first-order valence-corrected chi connectivity index (χ1v) is 11.6. The van der Waals surface area contributed by atoms with Crippen LogP contribution in [0.4, 0.5) is 10.2 Å². The van der Waals surface area contributed by atoms with Crippen LogP contribution in [-0.2, 0) is 6.54 Å². The molecular weight excluding hydrogens is 443 g/mol. The van der Waals surface area contributed by atoms with Crippen molar-refractivity contribution in [3.63, 3.8) is 0 Å². The summed E-state index contributed by atoms with van der Waals surface area (Å²) >= 11 is 6.18. The molecule has 0 bridgehead atoms. The molecule has 6 nitrogen and oxygen atoms in total. The number of aromatic nitrogens is 2. The summed E-state index contributed by atoms with van der Waals surface area (Å²) in [6, 6.07) is 14.6. The molecule has 1 saturated heterocycles. The van der Waals surface area contributed by atoms with E-state index < -0.39 is 0 Å². The van der Waals surface area contributed by atoms with Gasteiger partial charge in [-0.05, 0) is 72.7 Å². The van der Waals surface area contributed by atoms with Gasteiger partial charge in [-0.2, -0.15) is 0 Å². The average molecular weight is 467 g/mol. The number of ether oxygens (including phenoxy) is 2. The zero-order valence-electron chi connectivity index (χ0n) is 18.0. The molecule has 6 rings (SSSR count). The number of nitrogens with zero attached hydrogens (tertiary/aromatic N) is 3. The summed E-state index contributed by atoms with van der Waals surface area (Å²) in [6.07, 6.45) is 2.25. The minimum Gasteiger partial charge on any atom is -0.454 e. The first-order valence-electron chi connectivity index (χ1n) is 11.3. The first kappa shape index (κ1) is 20.7. The van der Waals surface area contributed by atoms with E-state index in [1.54, 1.807) is 0 Å². The van der Waals surface area contributed by atoms with E-state index in [4.69, 9.17) is 21.1 Å². The highest BCUT2D eigenvalue weighted by Crippen LogP contribution is 2.40. The van der Waals surface area contributed by atoms with Crippen molar-refractivity contribution in [3.05, 3.63) is 64.9 Å². The lowest BCUT2D eigenvalue weighted by molar-refractivity contribution is 0.174. The van der Waals surface area contributed by atoms with Crippen LogP contribution in [0.25, 0.3) is 11.3 Å². The Kier molecular flexibility index (Phi) is 5.31. The van der Waals surface area contributed by atoms with E-state index in [9.17, 15) is 4.39 Å². The fourth-order valence-electron chi connectivity index (χ4n) is 5.40. The predicted octanol–water partition coefficient (Wildman–Crippen LogP) is 4.99. The number of nitrogens with one attached hydrogen (secondary N) is 1. The lowest BCUT2D eigenvalue weighted by atomic mass is 10.0. The highest BCUT2D eigenvalue weighted by Gasteiger charge is 2.40. The van der Waals surface area contributed by atoms with E-state index in [0.29, 0.717) is 41.0 Å². The first-order chi connectivity index (χ1) is 16.1. The molecule has 2 fully saturated rings. The van der Waals surface area contributed by atoms with Gasteiger partial charge in [0.25, 0.3) is 0 Å². The number of fused-ring (bicyclic) bond motifs is 2. The Labute approximate surface area is 196 Å². The summed E-state index contributed by atoms with van der Waals surface area (Å²) in [7, 11) is 0. The van der Waals surface area contributed by atoms with Crippen LogP contribution in [0.3, 0.4) is 0 Å². The molecule has 1 N–H and O–H groups in total. The summed E-state index contributed by atoms with van der Waals surface area (Å²) in [6.45, 7) is 3.48. The van der Waals surface area contributed by atoms with Gasteiger partial charge in [-0.15, -0.1) is 10.2 Å². The Morgan fingerprint density at radius 1 is 0.970 bits per heavy atom. The molecule has 1 aromatic heterocycles. The van der Waals surface area contributed by atoms with Crippen LogP contribution in [0, 0.1) is 17.7 Å². The van der Waals surface area contributed by atoms with E-state index in [0.717, 1.165) is 49.8 Å². The molecule has 8 heteroatoms. The van der Waals surface area contributed by atoms with Gasteiger partial charge in [0.05, 0.1) is 10.7 Å². The van der Waals surface area contributed by atoms with E-state index >= 15 is 0 Å². The Hall–Kier alpha value is -2.90. The van der Waals surface area contributed by atoms with Crippen LogP contribution < -0.4 is 14.8 Å². The maximum absolute atomic E-state index is 13.6. The standard InChI is InChI=1S/C25H24ClFN4O2/c26-21-3-2-18(27)10-20(21)22-4-6-25(30-29-22)28-19-8-16-12-31(13-17(16)9-19)11-15-1-5-23-24(7-15)33-14-32-23/h1-7,10,16-17,19H,8-9,11-14H2,(H,28,30)/t16-,17+,19+. The monoisotopic (exact) mass is 466 g/mol. The van der Waals surface area contributed by atoms with Crippen LogP contribution >= 0.6 is 11.6 Å². The predicted molar refractivity (Wildman–Crippen MR) is 124 cm³/mol. The van der Waals surface area contributed by atoms with E-state index in [-0.39, 0.29) is 5.82 Å². The number of anilines is 1. The fourth-order valence-corrected chi connectivity index (χ4v) is 5.61. The number of halogens is 2. The second-order valence-electron chi connectivity index (χ2n) is 9.14. The van der Waals surface area contributed by atoms with Crippen molar-refractivity contribution in [3.8, 4) is 22.8 Å². The largest absolute Gasteiger partial charge is 0.454 e. The Morgan fingerprint density at radius 3 is 2.58 bits per heavy atom. The number of likely N-dealkylation sites (tertiary alicyclic amines) is 1. The van der Waals surface area contributed by atoms with Crippen molar-refractivity contribution in [1.82, 2.24) is 15.1 Å². The van der Waals surface area contributed by atoms with Gasteiger partial charge in [-0.25, -0.2) is 4.39 Å². The molecule has 2 aliphatic heterocycles. The smallest absolute Gasteiger partial charge is 0.231 e. The van der Waals surface area contributed by atoms with Crippen molar-refractivity contribution in [2.45, 2.75) is 25.4 Å². The van der Waals surface area contributed by atoms with Crippen molar-refractivity contribution in [2.75, 3.05) is 25.2 Å². The lowest BCUT2D eigenvalue weighted by Crippen LogP contribution is -2.25. The van der Waals surface area contributed by atoms with Gasteiger partial charge in [0, 0.05) is 31.2 Å². The van der Waals surface area contributed by atoms with Crippen LogP contribution in [0.1, 0.15) is 18.4 Å². The minimum atomic E-state index is -0.344. The van der Waals surface area contributed by atoms with Crippen molar-refractivity contribution >= 4 is 17.4 Å². The molecule has 3 heterocycles. The summed E-state index contributed by atoms with van der Waals surface area (Å²) in [5, 5.41) is 12.6. The maximum Gasteiger partial charge on any atom is 0.231 e. The molecule has 2 aromatic carbocycles. The average Bonchev–Trinajstić information content (AvgIpc) is 3.51. The Balaban J connectivity index is 1.04. The summed E-state index contributed by atoms with van der Waals surface area (Å²) in [4.78, 5) is 2.54. The second kappa shape index (κ2) is 8.47. The third kappa shape index (κ3) is 4.23. The van der Waals surface area contributed by atoms with Gasteiger partial charge in [0.2, 0.25) is 6.79 Å². The van der Waals surface area contributed by atoms with Crippen LogP contribution in [0.15, 0.2) is 48.5 Å². The van der Waals surface area contributed by atoms with Crippen molar-refractivity contribution < 1.29 is 13.9 Å². The van der Waals surface area contributed by atoms with E-state index in [1.807, 2.05) is 18.2 Å². The second-order valence-corrected chi connectivity index (χ2v) is 9.55. The molecule has 3 aromatic rings. The summed E-state index contributed by atoms with van der Waals surface area (Å²) < 4.78 is 24.5. The van der Waals surface area contributed by atoms with Crippen LogP contribution in [0.5, 0.6) is 11.5 Å². The van der Waals surface area contributed by atoms with E-state index in [1.165, 1.54) is 23.8 Å². The highest BCUT2D eigenvalue weighted by atomic mass is 35.5. The zero-order chi connectivity index (χ0) is 22.4. The normalized spacial score (nSPS) is 23.6. The number of hydrogen-bond donors (Lipinski definition) is 1. The number of rotatable bonds is 5. The van der Waals surface area contributed by atoms with Gasteiger partial charge in [-0.3, -0.25) is 4.90 Å². The molecule has 0 unspecified atom stereocenters. The van der Waals surface area contributed by atoms with Gasteiger partial charge in [-0.1, -0.05) is 17.7 Å². The molecule has 3 atom stereocenters. The minimum absolute atomic E-state index is 0.312. The molecule has 0 spiro atoms. The van der Waals surface area contributed by atoms with Crippen LogP contribution in [-0.4, -0.2) is 41.0 Å². The number of benzene rings is 2. The zero-order valence-corrected chi connectivity index (χ0v) is 18.8. The molecule has 0 radical (unpaired) electrons. The third-order valence-electron chi connectivity index (χ3n) is 6.89. The van der Waals surface area contributed by atoms with Gasteiger partial charge < -0.3 is 14.8 Å². The van der Waals surface area contributed by atoms with E-state index in [2.05, 4.69) is 32.5 Å². The summed E-state index contributed by atoms with van der Waals surface area (Å²) in [5.41, 5.74) is 2.38. The summed E-state index contributed by atoms with van der Waals surface area (Å²) in [5.74, 6) is 3.46. The number of hydrogen-bond acceptors (Lipinski definition) is 6. The highest BCUT2D eigenvalue weighted by molar-refractivity contribution is 6.33. The SMILES string of the molecule is Fc1ccc(Cl)c(-c2ccc(N[C@H]3C[C@@H]4CN(Cc5ccc6c(c5)OCO6)C[C@@H]4C3)nn2)c1. The Morgan fingerprint density at radius 2 is 1.79 bits per heavy atom. The van der Waals surface area contributed by atoms with Crippen molar-refractivity contribution in [1.29, 1.82) is 0 Å². The van der Waals surface area contributed by atoms with Gasteiger partial charge in [0.1, 0.15) is 11.6 Å².